The first kappa shape index (κ1) is 31.6. The van der Waals surface area contributed by atoms with Crippen molar-refractivity contribution in [1.29, 1.82) is 0 Å². The fourth-order valence-corrected chi connectivity index (χ4v) is 5.08. The van der Waals surface area contributed by atoms with Gasteiger partial charge < -0.3 is 25.7 Å². The maximum Gasteiger partial charge on any atom is 0.293 e. The predicted octanol–water partition coefficient (Wildman–Crippen LogP) is 4.54. The first-order valence-corrected chi connectivity index (χ1v) is 14.4. The van der Waals surface area contributed by atoms with Crippen LogP contribution in [0.4, 0.5) is 0 Å². The SMILES string of the molecule is CC(C)(N)C/C=C/C(=O)N[C@H](Cc1c[nH]c2ccccc12)C(=O)N1CCC[C@H](Cc2ccccc2)C1.CCOC=O. The second-order valence-electron chi connectivity index (χ2n) is 11.3. The van der Waals surface area contributed by atoms with Crippen molar-refractivity contribution < 1.29 is 19.1 Å². The lowest BCUT2D eigenvalue weighted by atomic mass is 9.90. The number of likely N-dealkylation sites (tertiary alicyclic amines) is 1. The molecule has 1 aromatic heterocycles. The number of nitrogens with two attached hydrogens (primary N) is 1. The van der Waals surface area contributed by atoms with E-state index in [1.807, 2.05) is 55.3 Å². The second kappa shape index (κ2) is 15.8. The Labute approximate surface area is 243 Å². The molecule has 2 atom stereocenters. The topological polar surface area (TPSA) is 118 Å². The predicted molar refractivity (Wildman–Crippen MR) is 163 cm³/mol. The Morgan fingerprint density at radius 2 is 1.90 bits per heavy atom. The minimum Gasteiger partial charge on any atom is -0.468 e. The molecular weight excluding hydrogens is 516 g/mol. The van der Waals surface area contributed by atoms with Crippen LogP contribution in [0.25, 0.3) is 10.9 Å². The Hall–Kier alpha value is -3.91. The van der Waals surface area contributed by atoms with E-state index in [1.165, 1.54) is 11.6 Å². The van der Waals surface area contributed by atoms with Gasteiger partial charge in [0.1, 0.15) is 6.04 Å². The highest BCUT2D eigenvalue weighted by molar-refractivity contribution is 5.93. The van der Waals surface area contributed by atoms with Gasteiger partial charge >= 0.3 is 0 Å². The number of piperidine rings is 1. The standard InChI is InChI=1S/C30H38N4O2.C3H6O2/c1-30(2,31)16-8-15-28(35)33-27(19-24-20-32-26-14-7-6-13-25(24)26)29(36)34-17-9-12-23(21-34)18-22-10-4-3-5-11-22;1-2-5-3-4/h3-8,10-11,13-15,20,23,27,32H,9,12,16-19,21,31H2,1-2H3,(H,33,35);3H,2H2,1H3/b15-8+;/t23-,27-;/m1./s1. The zero-order valence-corrected chi connectivity index (χ0v) is 24.5. The van der Waals surface area contributed by atoms with E-state index in [4.69, 9.17) is 5.73 Å². The first-order valence-electron chi connectivity index (χ1n) is 14.4. The van der Waals surface area contributed by atoms with Gasteiger partial charge in [0.2, 0.25) is 11.8 Å². The summed E-state index contributed by atoms with van der Waals surface area (Å²) in [5.74, 6) is 0.135. The van der Waals surface area contributed by atoms with Crippen LogP contribution in [-0.4, -0.2) is 59.4 Å². The molecule has 4 N–H and O–H groups in total. The molecule has 0 spiro atoms. The number of fused-ring (bicyclic) bond motifs is 1. The number of para-hydroxylation sites is 1. The molecule has 0 aliphatic carbocycles. The summed E-state index contributed by atoms with van der Waals surface area (Å²) < 4.78 is 4.15. The van der Waals surface area contributed by atoms with Gasteiger partial charge in [0, 0.05) is 42.1 Å². The molecule has 220 valence electrons. The summed E-state index contributed by atoms with van der Waals surface area (Å²) in [5.41, 5.74) is 8.99. The molecule has 3 aromatic rings. The maximum atomic E-state index is 13.8. The number of hydrogen-bond acceptors (Lipinski definition) is 5. The van der Waals surface area contributed by atoms with Crippen molar-refractivity contribution >= 4 is 29.2 Å². The van der Waals surface area contributed by atoms with Crippen LogP contribution in [0.2, 0.25) is 0 Å². The monoisotopic (exact) mass is 560 g/mol. The minimum absolute atomic E-state index is 0.0149. The Morgan fingerprint density at radius 1 is 1.17 bits per heavy atom. The van der Waals surface area contributed by atoms with E-state index in [0.29, 0.717) is 38.4 Å². The van der Waals surface area contributed by atoms with E-state index in [-0.39, 0.29) is 11.8 Å². The molecule has 0 radical (unpaired) electrons. The second-order valence-corrected chi connectivity index (χ2v) is 11.3. The fraction of sp³-hybridized carbons (Fsp3) is 0.424. The first-order chi connectivity index (χ1) is 19.7. The summed E-state index contributed by atoms with van der Waals surface area (Å²) in [7, 11) is 0. The molecular formula is C33H44N4O4. The number of aromatic amines is 1. The molecule has 1 aliphatic rings. The number of nitrogens with one attached hydrogen (secondary N) is 2. The molecule has 1 fully saturated rings. The lowest BCUT2D eigenvalue weighted by Crippen LogP contribution is -2.52. The van der Waals surface area contributed by atoms with Gasteiger partial charge in [0.25, 0.3) is 6.47 Å². The number of carbonyl (C=O) groups excluding carboxylic acids is 3. The lowest BCUT2D eigenvalue weighted by Gasteiger charge is -2.35. The molecule has 0 unspecified atom stereocenters. The van der Waals surface area contributed by atoms with Crippen LogP contribution in [0.15, 0.2) is 72.9 Å². The van der Waals surface area contributed by atoms with Crippen molar-refractivity contribution in [2.75, 3.05) is 19.7 Å². The highest BCUT2D eigenvalue weighted by Crippen LogP contribution is 2.23. The molecule has 1 aliphatic heterocycles. The third-order valence-electron chi connectivity index (χ3n) is 7.06. The van der Waals surface area contributed by atoms with Gasteiger partial charge in [-0.05, 0) is 75.6 Å². The quantitative estimate of drug-likeness (QED) is 0.235. The van der Waals surface area contributed by atoms with E-state index in [0.717, 1.165) is 42.3 Å². The number of amides is 2. The Bertz CT molecular complexity index is 1280. The van der Waals surface area contributed by atoms with Crippen molar-refractivity contribution in [1.82, 2.24) is 15.2 Å². The largest absolute Gasteiger partial charge is 0.468 e. The summed E-state index contributed by atoms with van der Waals surface area (Å²) in [4.78, 5) is 41.0. The summed E-state index contributed by atoms with van der Waals surface area (Å²) in [5, 5.41) is 4.07. The van der Waals surface area contributed by atoms with Crippen molar-refractivity contribution in [2.24, 2.45) is 11.7 Å². The number of benzene rings is 2. The molecule has 0 bridgehead atoms. The molecule has 8 heteroatoms. The van der Waals surface area contributed by atoms with Gasteiger partial charge in [-0.25, -0.2) is 0 Å². The van der Waals surface area contributed by atoms with Crippen molar-refractivity contribution in [3.8, 4) is 0 Å². The van der Waals surface area contributed by atoms with Crippen LogP contribution in [0.1, 0.15) is 51.2 Å². The van der Waals surface area contributed by atoms with Crippen LogP contribution in [0.5, 0.6) is 0 Å². The van der Waals surface area contributed by atoms with Crippen LogP contribution in [0.3, 0.4) is 0 Å². The number of H-pyrrole nitrogens is 1. The van der Waals surface area contributed by atoms with Crippen molar-refractivity contribution in [3.63, 3.8) is 0 Å². The van der Waals surface area contributed by atoms with Crippen LogP contribution < -0.4 is 11.1 Å². The average molecular weight is 561 g/mol. The lowest BCUT2D eigenvalue weighted by molar-refractivity contribution is -0.137. The maximum absolute atomic E-state index is 13.8. The number of carbonyl (C=O) groups is 3. The Kier molecular flexibility index (Phi) is 12.2. The zero-order chi connectivity index (χ0) is 29.7. The minimum atomic E-state index is -0.636. The number of rotatable bonds is 11. The third kappa shape index (κ3) is 10.5. The molecule has 41 heavy (non-hydrogen) atoms. The van der Waals surface area contributed by atoms with E-state index >= 15 is 0 Å². The number of ether oxygens (including phenoxy) is 1. The molecule has 1 saturated heterocycles. The zero-order valence-electron chi connectivity index (χ0n) is 24.5. The van der Waals surface area contributed by atoms with Gasteiger partial charge in [-0.15, -0.1) is 0 Å². The van der Waals surface area contributed by atoms with Gasteiger partial charge in [-0.1, -0.05) is 54.6 Å². The molecule has 2 heterocycles. The molecule has 0 saturated carbocycles. The van der Waals surface area contributed by atoms with Crippen LogP contribution in [-0.2, 0) is 32.0 Å². The van der Waals surface area contributed by atoms with E-state index in [1.54, 1.807) is 13.0 Å². The fourth-order valence-electron chi connectivity index (χ4n) is 5.08. The van der Waals surface area contributed by atoms with Crippen LogP contribution >= 0.6 is 0 Å². The summed E-state index contributed by atoms with van der Waals surface area (Å²) in [6.07, 6.45) is 9.27. The van der Waals surface area contributed by atoms with Gasteiger partial charge in [0.05, 0.1) is 6.61 Å². The number of nitrogens with zero attached hydrogens (tertiary/aromatic N) is 1. The Morgan fingerprint density at radius 3 is 2.59 bits per heavy atom. The average Bonchev–Trinajstić information content (AvgIpc) is 3.36. The summed E-state index contributed by atoms with van der Waals surface area (Å²) >= 11 is 0. The van der Waals surface area contributed by atoms with Crippen molar-refractivity contribution in [2.45, 2.75) is 64.5 Å². The third-order valence-corrected chi connectivity index (χ3v) is 7.06. The molecule has 8 nitrogen and oxygen atoms in total. The summed E-state index contributed by atoms with van der Waals surface area (Å²) in [6.45, 7) is 7.94. The summed E-state index contributed by atoms with van der Waals surface area (Å²) in [6, 6.07) is 17.9. The smallest absolute Gasteiger partial charge is 0.293 e. The Balaban J connectivity index is 0.000000850. The van der Waals surface area contributed by atoms with Crippen LogP contribution in [0, 0.1) is 5.92 Å². The van der Waals surface area contributed by atoms with E-state index in [9.17, 15) is 14.4 Å². The molecule has 4 rings (SSSR count). The van der Waals surface area contributed by atoms with Gasteiger partial charge in [-0.2, -0.15) is 0 Å². The normalized spacial score (nSPS) is 16.1. The number of hydrogen-bond donors (Lipinski definition) is 3. The van der Waals surface area contributed by atoms with E-state index in [2.05, 4.69) is 39.3 Å². The highest BCUT2D eigenvalue weighted by atomic mass is 16.5. The molecule has 2 aromatic carbocycles. The highest BCUT2D eigenvalue weighted by Gasteiger charge is 2.30. The van der Waals surface area contributed by atoms with Crippen molar-refractivity contribution in [3.05, 3.63) is 84.1 Å². The van der Waals surface area contributed by atoms with Gasteiger partial charge in [-0.3, -0.25) is 14.4 Å². The van der Waals surface area contributed by atoms with Gasteiger partial charge in [0.15, 0.2) is 0 Å². The molecule has 2 amide bonds. The van der Waals surface area contributed by atoms with E-state index < -0.39 is 11.6 Å². The number of aromatic nitrogens is 1.